The molecule has 3 aromatic carbocycles. The van der Waals surface area contributed by atoms with Crippen LogP contribution in [0.25, 0.3) is 11.4 Å². The number of hydrogen-bond donors (Lipinski definition) is 1. The molecule has 212 valence electrons. The third-order valence-corrected chi connectivity index (χ3v) is 6.22. The van der Waals surface area contributed by atoms with E-state index < -0.39 is 35.2 Å². The highest BCUT2D eigenvalue weighted by Gasteiger charge is 2.35. The molecular weight excluding hydrogens is 551 g/mol. The minimum absolute atomic E-state index is 0.0119. The van der Waals surface area contributed by atoms with Gasteiger partial charge in [0, 0.05) is 17.3 Å². The summed E-state index contributed by atoms with van der Waals surface area (Å²) in [7, 11) is 2.99. The van der Waals surface area contributed by atoms with E-state index in [1.807, 2.05) is 0 Å². The first kappa shape index (κ1) is 27.6. The second kappa shape index (κ2) is 10.9. The lowest BCUT2D eigenvalue weighted by Gasteiger charge is -2.18. The van der Waals surface area contributed by atoms with Gasteiger partial charge in [-0.3, -0.25) is 4.79 Å². The maximum absolute atomic E-state index is 14.7. The van der Waals surface area contributed by atoms with Gasteiger partial charge in [-0.05, 0) is 48.5 Å². The zero-order chi connectivity index (χ0) is 29.3. The first-order valence-corrected chi connectivity index (χ1v) is 12.0. The summed E-state index contributed by atoms with van der Waals surface area (Å²) in [4.78, 5) is 23.6. The van der Waals surface area contributed by atoms with Crippen LogP contribution in [0.15, 0.2) is 60.7 Å². The number of hydrogen-bond acceptors (Lipinski definition) is 7. The molecule has 1 aromatic heterocycles. The Hall–Kier alpha value is -4.94. The number of nitrogens with one attached hydrogen (secondary N) is 1. The van der Waals surface area contributed by atoms with Crippen LogP contribution in [-0.4, -0.2) is 41.4 Å². The minimum Gasteiger partial charge on any atom is -0.497 e. The summed E-state index contributed by atoms with van der Waals surface area (Å²) in [6, 6.07) is 13.1. The van der Waals surface area contributed by atoms with Gasteiger partial charge in [0.2, 0.25) is 0 Å². The van der Waals surface area contributed by atoms with Gasteiger partial charge < -0.3 is 24.4 Å². The number of nitrogens with zero attached hydrogens (tertiary/aromatic N) is 3. The summed E-state index contributed by atoms with van der Waals surface area (Å²) in [5.74, 6) is -2.10. The molecule has 5 rings (SSSR count). The maximum atomic E-state index is 14.7. The number of halogens is 5. The van der Waals surface area contributed by atoms with Gasteiger partial charge in [0.15, 0.2) is 5.82 Å². The van der Waals surface area contributed by atoms with Crippen LogP contribution >= 0.6 is 0 Å². The molecule has 0 fully saturated rings. The molecule has 1 aliphatic rings. The number of ether oxygens (including phenoxy) is 3. The van der Waals surface area contributed by atoms with E-state index in [1.54, 1.807) is 18.2 Å². The number of rotatable bonds is 8. The largest absolute Gasteiger partial charge is 0.573 e. The van der Waals surface area contributed by atoms with Crippen LogP contribution in [0, 0.1) is 11.6 Å². The van der Waals surface area contributed by atoms with Crippen LogP contribution in [0.2, 0.25) is 0 Å². The molecule has 2 heterocycles. The van der Waals surface area contributed by atoms with Crippen molar-refractivity contribution in [3.63, 3.8) is 0 Å². The van der Waals surface area contributed by atoms with Gasteiger partial charge in [-0.2, -0.15) is 0 Å². The first-order valence-electron chi connectivity index (χ1n) is 12.0. The maximum Gasteiger partial charge on any atom is 0.573 e. The first-order chi connectivity index (χ1) is 19.6. The van der Waals surface area contributed by atoms with Crippen LogP contribution < -0.4 is 19.5 Å². The molecule has 0 saturated heterocycles. The van der Waals surface area contributed by atoms with Crippen molar-refractivity contribution >= 4 is 17.4 Å². The number of carbonyl (C=O) groups is 1. The van der Waals surface area contributed by atoms with E-state index in [0.29, 0.717) is 17.1 Å². The molecule has 0 atom stereocenters. The quantitative estimate of drug-likeness (QED) is 0.250. The number of carbonyl (C=O) groups excluding carboxylic acids is 1. The van der Waals surface area contributed by atoms with E-state index in [0.717, 1.165) is 24.3 Å². The Labute approximate surface area is 230 Å². The molecular formula is C28H21F5N4O4. The van der Waals surface area contributed by atoms with E-state index in [4.69, 9.17) is 9.47 Å². The second-order valence-corrected chi connectivity index (χ2v) is 8.85. The molecule has 8 nitrogen and oxygen atoms in total. The highest BCUT2D eigenvalue weighted by atomic mass is 19.4. The third kappa shape index (κ3) is 5.83. The Kier molecular flexibility index (Phi) is 7.35. The molecule has 0 saturated carbocycles. The predicted molar refractivity (Wildman–Crippen MR) is 137 cm³/mol. The Morgan fingerprint density at radius 3 is 2.22 bits per heavy atom. The second-order valence-electron chi connectivity index (χ2n) is 8.85. The number of alkyl halides is 3. The Morgan fingerprint density at radius 2 is 1.59 bits per heavy atom. The standard InChI is InChI=1S/C28H21F5N4O4/c1-39-18-9-6-15(22(12-18)40-2)13-37-14-21-24(27(37)38)26(34-16-7-10-17(11-8-16)41-28(31,32)33)36-25(35-21)23-19(29)4-3-5-20(23)30/h3-12H,13-14H2,1-2H3,(H,34,35,36). The van der Waals surface area contributed by atoms with Crippen LogP contribution in [0.1, 0.15) is 21.6 Å². The number of benzene rings is 3. The fraction of sp³-hybridized carbons (Fsp3) is 0.179. The normalized spacial score (nSPS) is 12.8. The van der Waals surface area contributed by atoms with Crippen molar-refractivity contribution < 1.29 is 41.0 Å². The zero-order valence-electron chi connectivity index (χ0n) is 21.6. The summed E-state index contributed by atoms with van der Waals surface area (Å²) < 4.78 is 81.5. The molecule has 1 aliphatic heterocycles. The van der Waals surface area contributed by atoms with Crippen molar-refractivity contribution in [2.45, 2.75) is 19.5 Å². The van der Waals surface area contributed by atoms with Gasteiger partial charge in [-0.15, -0.1) is 13.2 Å². The van der Waals surface area contributed by atoms with Crippen LogP contribution in [0.4, 0.5) is 33.5 Å². The Bertz CT molecular complexity index is 1590. The van der Waals surface area contributed by atoms with E-state index in [1.165, 1.54) is 37.3 Å². The number of anilines is 2. The number of methoxy groups -OCH3 is 2. The molecule has 4 aromatic rings. The number of amides is 1. The SMILES string of the molecule is COc1ccc(CN2Cc3nc(-c4c(F)cccc4F)nc(Nc4ccc(OC(F)(F)F)cc4)c3C2=O)c(OC)c1. The van der Waals surface area contributed by atoms with Gasteiger partial charge in [-0.1, -0.05) is 6.07 Å². The van der Waals surface area contributed by atoms with Gasteiger partial charge >= 0.3 is 6.36 Å². The van der Waals surface area contributed by atoms with E-state index in [-0.39, 0.29) is 41.7 Å². The fourth-order valence-electron chi connectivity index (χ4n) is 4.36. The molecule has 0 radical (unpaired) electrons. The van der Waals surface area contributed by atoms with Gasteiger partial charge in [0.1, 0.15) is 40.3 Å². The Morgan fingerprint density at radius 1 is 0.902 bits per heavy atom. The highest BCUT2D eigenvalue weighted by Crippen LogP contribution is 2.35. The van der Waals surface area contributed by atoms with Crippen LogP contribution in [0.3, 0.4) is 0 Å². The van der Waals surface area contributed by atoms with Crippen molar-refractivity contribution in [3.05, 3.63) is 89.1 Å². The summed E-state index contributed by atoms with van der Waals surface area (Å²) in [5.41, 5.74) is 0.666. The molecule has 0 unspecified atom stereocenters. The molecule has 1 N–H and O–H groups in total. The molecule has 1 amide bonds. The molecule has 0 bridgehead atoms. The van der Waals surface area contributed by atoms with Crippen LogP contribution in [0.5, 0.6) is 17.2 Å². The third-order valence-electron chi connectivity index (χ3n) is 6.22. The van der Waals surface area contributed by atoms with Crippen molar-refractivity contribution in [2.75, 3.05) is 19.5 Å². The van der Waals surface area contributed by atoms with Crippen molar-refractivity contribution in [1.29, 1.82) is 0 Å². The number of fused-ring (bicyclic) bond motifs is 1. The topological polar surface area (TPSA) is 85.8 Å². The summed E-state index contributed by atoms with van der Waals surface area (Å²) >= 11 is 0. The van der Waals surface area contributed by atoms with Gasteiger partial charge in [0.05, 0.1) is 38.6 Å². The lowest BCUT2D eigenvalue weighted by Crippen LogP contribution is -2.24. The van der Waals surface area contributed by atoms with Crippen LogP contribution in [-0.2, 0) is 13.1 Å². The van der Waals surface area contributed by atoms with Crippen molar-refractivity contribution in [2.24, 2.45) is 0 Å². The molecule has 41 heavy (non-hydrogen) atoms. The van der Waals surface area contributed by atoms with Crippen molar-refractivity contribution in [1.82, 2.24) is 14.9 Å². The molecule has 0 aliphatic carbocycles. The lowest BCUT2D eigenvalue weighted by atomic mass is 10.1. The molecule has 13 heteroatoms. The zero-order valence-corrected chi connectivity index (χ0v) is 21.6. The summed E-state index contributed by atoms with van der Waals surface area (Å²) in [6.07, 6.45) is -4.87. The highest BCUT2D eigenvalue weighted by molar-refractivity contribution is 6.03. The van der Waals surface area contributed by atoms with E-state index in [2.05, 4.69) is 20.0 Å². The van der Waals surface area contributed by atoms with E-state index >= 15 is 0 Å². The van der Waals surface area contributed by atoms with Gasteiger partial charge in [0.25, 0.3) is 5.91 Å². The molecule has 0 spiro atoms. The summed E-state index contributed by atoms with van der Waals surface area (Å²) in [6.45, 7) is 0.0939. The predicted octanol–water partition coefficient (Wildman–Crippen LogP) is 6.24. The minimum atomic E-state index is -4.87. The number of aromatic nitrogens is 2. The monoisotopic (exact) mass is 572 g/mol. The average Bonchev–Trinajstić information content (AvgIpc) is 3.24. The fourth-order valence-corrected chi connectivity index (χ4v) is 4.36. The van der Waals surface area contributed by atoms with Crippen molar-refractivity contribution in [3.8, 4) is 28.6 Å². The lowest BCUT2D eigenvalue weighted by molar-refractivity contribution is -0.274. The van der Waals surface area contributed by atoms with E-state index in [9.17, 15) is 26.7 Å². The van der Waals surface area contributed by atoms with Gasteiger partial charge in [-0.25, -0.2) is 18.7 Å². The Balaban J connectivity index is 1.53. The summed E-state index contributed by atoms with van der Waals surface area (Å²) in [5, 5.41) is 2.87. The average molecular weight is 572 g/mol. The smallest absolute Gasteiger partial charge is 0.497 e.